The monoisotopic (exact) mass is 395 g/mol. The van der Waals surface area contributed by atoms with Crippen LogP contribution in [0.5, 0.6) is 0 Å². The Hall–Kier alpha value is -2.73. The molecule has 0 aliphatic carbocycles. The zero-order valence-corrected chi connectivity index (χ0v) is 16.9. The summed E-state index contributed by atoms with van der Waals surface area (Å²) >= 11 is 1.36. The molecule has 1 heterocycles. The van der Waals surface area contributed by atoms with E-state index >= 15 is 0 Å². The first-order chi connectivity index (χ1) is 13.7. The summed E-state index contributed by atoms with van der Waals surface area (Å²) in [5.74, 6) is -0.337. The predicted molar refractivity (Wildman–Crippen MR) is 115 cm³/mol. The van der Waals surface area contributed by atoms with Gasteiger partial charge in [0, 0.05) is 23.7 Å². The van der Waals surface area contributed by atoms with Crippen LogP contribution >= 0.6 is 11.3 Å². The number of fused-ring (bicyclic) bond motifs is 1. The van der Waals surface area contributed by atoms with Crippen molar-refractivity contribution in [3.63, 3.8) is 0 Å². The lowest BCUT2D eigenvalue weighted by molar-refractivity contribution is -0.116. The molecule has 3 aromatic rings. The molecular formula is C22H25N3O2S. The molecule has 0 aliphatic rings. The number of amides is 2. The van der Waals surface area contributed by atoms with Crippen LogP contribution in [0.15, 0.2) is 54.0 Å². The molecule has 1 aromatic heterocycles. The number of rotatable bonds is 9. The molecule has 0 saturated carbocycles. The molecule has 0 bridgehead atoms. The van der Waals surface area contributed by atoms with Crippen LogP contribution in [0.1, 0.15) is 43.0 Å². The Balaban J connectivity index is 1.73. The molecular weight excluding hydrogens is 370 g/mol. The Morgan fingerprint density at radius 1 is 1.07 bits per heavy atom. The van der Waals surface area contributed by atoms with Crippen LogP contribution in [-0.2, 0) is 4.79 Å². The number of aromatic nitrogens is 1. The Kier molecular flexibility index (Phi) is 7.14. The number of hydrogen-bond donors (Lipinski definition) is 1. The van der Waals surface area contributed by atoms with Crippen LogP contribution in [0.3, 0.4) is 0 Å². The number of nitrogens with zero attached hydrogens (tertiary/aromatic N) is 2. The third-order valence-electron chi connectivity index (χ3n) is 4.58. The Labute approximate surface area is 169 Å². The van der Waals surface area contributed by atoms with E-state index in [1.54, 1.807) is 16.5 Å². The Morgan fingerprint density at radius 2 is 1.89 bits per heavy atom. The lowest BCUT2D eigenvalue weighted by Gasteiger charge is -2.22. The van der Waals surface area contributed by atoms with Crippen LogP contribution in [0.2, 0.25) is 0 Å². The average Bonchev–Trinajstić information content (AvgIpc) is 3.22. The van der Waals surface area contributed by atoms with E-state index in [0.717, 1.165) is 36.5 Å². The molecule has 0 aliphatic heterocycles. The molecule has 0 spiro atoms. The van der Waals surface area contributed by atoms with E-state index in [2.05, 4.69) is 17.2 Å². The molecule has 1 N–H and O–H groups in total. The molecule has 2 amide bonds. The highest BCUT2D eigenvalue weighted by Gasteiger charge is 2.19. The van der Waals surface area contributed by atoms with Crippen molar-refractivity contribution in [2.45, 2.75) is 32.6 Å². The van der Waals surface area contributed by atoms with Crippen molar-refractivity contribution in [3.8, 4) is 0 Å². The van der Waals surface area contributed by atoms with Gasteiger partial charge in [-0.25, -0.2) is 4.98 Å². The minimum atomic E-state index is -0.223. The van der Waals surface area contributed by atoms with E-state index in [1.807, 2.05) is 42.5 Å². The molecule has 6 heteroatoms. The predicted octanol–water partition coefficient (Wildman–Crippen LogP) is 4.96. The Bertz CT molecular complexity index is 924. The molecule has 146 valence electrons. The first kappa shape index (κ1) is 20.0. The topological polar surface area (TPSA) is 62.3 Å². The van der Waals surface area contributed by atoms with Crippen molar-refractivity contribution in [2.24, 2.45) is 0 Å². The van der Waals surface area contributed by atoms with Gasteiger partial charge in [0.15, 0.2) is 5.13 Å². The van der Waals surface area contributed by atoms with Crippen molar-refractivity contribution in [1.82, 2.24) is 9.88 Å². The van der Waals surface area contributed by atoms with E-state index in [-0.39, 0.29) is 18.4 Å². The number of benzene rings is 2. The summed E-state index contributed by atoms with van der Waals surface area (Å²) in [6.07, 6.45) is 5.83. The summed E-state index contributed by atoms with van der Waals surface area (Å²) in [5, 5.41) is 7.23. The van der Waals surface area contributed by atoms with E-state index in [0.29, 0.717) is 17.2 Å². The van der Waals surface area contributed by atoms with Crippen LogP contribution in [0, 0.1) is 0 Å². The van der Waals surface area contributed by atoms with Crippen molar-refractivity contribution in [2.75, 3.05) is 18.4 Å². The molecule has 5 nitrogen and oxygen atoms in total. The lowest BCUT2D eigenvalue weighted by atomic mass is 10.1. The van der Waals surface area contributed by atoms with Gasteiger partial charge in [-0.3, -0.25) is 9.59 Å². The third-order valence-corrected chi connectivity index (χ3v) is 5.27. The van der Waals surface area contributed by atoms with E-state index in [4.69, 9.17) is 0 Å². The van der Waals surface area contributed by atoms with Crippen molar-refractivity contribution in [3.05, 3.63) is 59.6 Å². The number of hydrogen-bond acceptors (Lipinski definition) is 4. The van der Waals surface area contributed by atoms with Gasteiger partial charge in [0.2, 0.25) is 5.91 Å². The third kappa shape index (κ3) is 5.39. The molecule has 0 unspecified atom stereocenters. The highest BCUT2D eigenvalue weighted by atomic mass is 32.1. The van der Waals surface area contributed by atoms with Gasteiger partial charge in [0.05, 0.1) is 0 Å². The molecule has 0 atom stereocenters. The molecule has 2 aromatic carbocycles. The molecule has 0 radical (unpaired) electrons. The lowest BCUT2D eigenvalue weighted by Crippen LogP contribution is -2.38. The smallest absolute Gasteiger partial charge is 0.254 e. The van der Waals surface area contributed by atoms with Gasteiger partial charge >= 0.3 is 0 Å². The molecule has 0 saturated heterocycles. The minimum Gasteiger partial charge on any atom is -0.329 e. The molecule has 0 fully saturated rings. The van der Waals surface area contributed by atoms with E-state index < -0.39 is 0 Å². The standard InChI is InChI=1S/C22H25N3O2S/c1-2-3-4-7-13-25(16-20(26)24-22-23-12-14-28-22)21(27)19-11-10-17-8-5-6-9-18(17)15-19/h5-6,8-12,14-15H,2-4,7,13,16H2,1H3,(H,23,24,26). The van der Waals surface area contributed by atoms with Gasteiger partial charge in [-0.2, -0.15) is 0 Å². The summed E-state index contributed by atoms with van der Waals surface area (Å²) in [7, 11) is 0. The molecule has 3 rings (SSSR count). The average molecular weight is 396 g/mol. The number of carbonyl (C=O) groups excluding carboxylic acids is 2. The number of carbonyl (C=O) groups is 2. The Morgan fingerprint density at radius 3 is 2.64 bits per heavy atom. The number of thiazole rings is 1. The first-order valence-electron chi connectivity index (χ1n) is 9.65. The fraction of sp³-hybridized carbons (Fsp3) is 0.318. The van der Waals surface area contributed by atoms with E-state index in [1.165, 1.54) is 11.3 Å². The maximum atomic E-state index is 13.1. The number of nitrogens with one attached hydrogen (secondary N) is 1. The molecule has 28 heavy (non-hydrogen) atoms. The van der Waals surface area contributed by atoms with Gasteiger partial charge in [-0.1, -0.05) is 56.5 Å². The fourth-order valence-electron chi connectivity index (χ4n) is 3.10. The van der Waals surface area contributed by atoms with Gasteiger partial charge in [0.1, 0.15) is 6.54 Å². The highest BCUT2D eigenvalue weighted by molar-refractivity contribution is 7.13. The summed E-state index contributed by atoms with van der Waals surface area (Å²) in [6.45, 7) is 2.74. The summed E-state index contributed by atoms with van der Waals surface area (Å²) in [6, 6.07) is 13.6. The van der Waals surface area contributed by atoms with Crippen molar-refractivity contribution in [1.29, 1.82) is 0 Å². The van der Waals surface area contributed by atoms with Gasteiger partial charge in [-0.15, -0.1) is 11.3 Å². The van der Waals surface area contributed by atoms with Gasteiger partial charge in [-0.05, 0) is 29.3 Å². The van der Waals surface area contributed by atoms with Crippen LogP contribution in [0.4, 0.5) is 5.13 Å². The highest BCUT2D eigenvalue weighted by Crippen LogP contribution is 2.18. The second kappa shape index (κ2) is 9.99. The van der Waals surface area contributed by atoms with Crippen molar-refractivity contribution >= 4 is 39.1 Å². The maximum Gasteiger partial charge on any atom is 0.254 e. The van der Waals surface area contributed by atoms with Crippen molar-refractivity contribution < 1.29 is 9.59 Å². The largest absolute Gasteiger partial charge is 0.329 e. The number of unbranched alkanes of at least 4 members (excludes halogenated alkanes) is 3. The normalized spacial score (nSPS) is 10.8. The maximum absolute atomic E-state index is 13.1. The first-order valence-corrected chi connectivity index (χ1v) is 10.5. The summed E-state index contributed by atoms with van der Waals surface area (Å²) < 4.78 is 0. The zero-order chi connectivity index (χ0) is 19.8. The van der Waals surface area contributed by atoms with E-state index in [9.17, 15) is 9.59 Å². The number of anilines is 1. The van der Waals surface area contributed by atoms with Crippen LogP contribution < -0.4 is 5.32 Å². The second-order valence-corrected chi connectivity index (χ2v) is 7.63. The summed E-state index contributed by atoms with van der Waals surface area (Å²) in [4.78, 5) is 31.3. The minimum absolute atomic E-state index is 0.0252. The zero-order valence-electron chi connectivity index (χ0n) is 16.1. The van der Waals surface area contributed by atoms with Crippen LogP contribution in [-0.4, -0.2) is 34.8 Å². The van der Waals surface area contributed by atoms with Gasteiger partial charge in [0.25, 0.3) is 5.91 Å². The SMILES string of the molecule is CCCCCCN(CC(=O)Nc1nccs1)C(=O)c1ccc2ccccc2c1. The fourth-order valence-corrected chi connectivity index (χ4v) is 3.65. The van der Waals surface area contributed by atoms with Gasteiger partial charge < -0.3 is 10.2 Å². The van der Waals surface area contributed by atoms with Crippen LogP contribution in [0.25, 0.3) is 10.8 Å². The second-order valence-electron chi connectivity index (χ2n) is 6.73. The summed E-state index contributed by atoms with van der Waals surface area (Å²) in [5.41, 5.74) is 0.608. The quantitative estimate of drug-likeness (QED) is 0.521.